The van der Waals surface area contributed by atoms with Gasteiger partial charge in [-0.2, -0.15) is 4.39 Å². The van der Waals surface area contributed by atoms with Gasteiger partial charge in [0.2, 0.25) is 5.95 Å². The topological polar surface area (TPSA) is 70.4 Å². The highest BCUT2D eigenvalue weighted by atomic mass is 35.5. The highest BCUT2D eigenvalue weighted by Gasteiger charge is 2.20. The molecule has 1 aromatic carbocycles. The van der Waals surface area contributed by atoms with Crippen LogP contribution in [0.4, 0.5) is 4.39 Å². The van der Waals surface area contributed by atoms with E-state index in [2.05, 4.69) is 4.98 Å². The van der Waals surface area contributed by atoms with Crippen LogP contribution >= 0.6 is 30.6 Å². The average Bonchev–Trinajstić information content (AvgIpc) is 2.54. The molecule has 142 valence electrons. The van der Waals surface area contributed by atoms with Crippen molar-refractivity contribution in [1.29, 1.82) is 0 Å². The summed E-state index contributed by atoms with van der Waals surface area (Å²) in [5.41, 5.74) is 2.18. The lowest BCUT2D eigenvalue weighted by Crippen LogP contribution is -2.05. The maximum Gasteiger partial charge on any atom is 0.232 e. The number of aryl methyl sites for hydroxylation is 1. The van der Waals surface area contributed by atoms with Crippen molar-refractivity contribution in [3.8, 4) is 5.75 Å². The van der Waals surface area contributed by atoms with E-state index in [1.807, 2.05) is 19.9 Å². The molecule has 0 aliphatic rings. The van der Waals surface area contributed by atoms with Gasteiger partial charge in [0.15, 0.2) is 7.37 Å². The normalized spacial score (nSPS) is 13.8. The Balaban J connectivity index is 2.41. The molecule has 2 rings (SSSR count). The highest BCUT2D eigenvalue weighted by molar-refractivity contribution is 7.57. The molecule has 0 bridgehead atoms. The van der Waals surface area contributed by atoms with Gasteiger partial charge in [-0.3, -0.25) is 4.57 Å². The second kappa shape index (κ2) is 8.26. The number of pyridine rings is 1. The molecule has 4 nitrogen and oxygen atoms in total. The van der Waals surface area contributed by atoms with Crippen molar-refractivity contribution >= 4 is 30.6 Å². The lowest BCUT2D eigenvalue weighted by molar-refractivity contribution is 0.464. The molecular formula is C18H21Cl2FNO3P. The molecule has 0 amide bonds. The second-order valence-corrected chi connectivity index (χ2v) is 10.0. The zero-order valence-electron chi connectivity index (χ0n) is 14.8. The number of aromatic hydroxyl groups is 1. The summed E-state index contributed by atoms with van der Waals surface area (Å²) in [6.45, 7) is 5.15. The molecule has 1 heterocycles. The van der Waals surface area contributed by atoms with Crippen LogP contribution in [-0.2, 0) is 17.4 Å². The van der Waals surface area contributed by atoms with Crippen LogP contribution in [-0.4, -0.2) is 27.8 Å². The van der Waals surface area contributed by atoms with E-state index in [0.717, 1.165) is 11.1 Å². The molecule has 1 unspecified atom stereocenters. The molecule has 0 saturated carbocycles. The van der Waals surface area contributed by atoms with Crippen LogP contribution in [0.5, 0.6) is 5.75 Å². The van der Waals surface area contributed by atoms with Crippen molar-refractivity contribution in [2.45, 2.75) is 32.6 Å². The fourth-order valence-electron chi connectivity index (χ4n) is 2.63. The summed E-state index contributed by atoms with van der Waals surface area (Å²) in [5, 5.41) is 9.98. The van der Waals surface area contributed by atoms with E-state index in [1.54, 1.807) is 12.1 Å². The Hall–Kier alpha value is -1.13. The number of phenolic OH excluding ortho intramolecular Hbond substituents is 1. The van der Waals surface area contributed by atoms with Crippen molar-refractivity contribution in [3.05, 3.63) is 56.6 Å². The van der Waals surface area contributed by atoms with Crippen LogP contribution < -0.4 is 0 Å². The predicted molar refractivity (Wildman–Crippen MR) is 104 cm³/mol. The van der Waals surface area contributed by atoms with Crippen LogP contribution in [0.1, 0.15) is 42.1 Å². The van der Waals surface area contributed by atoms with Crippen molar-refractivity contribution < 1.29 is 19.0 Å². The lowest BCUT2D eigenvalue weighted by atomic mass is 9.96. The van der Waals surface area contributed by atoms with Gasteiger partial charge in [-0.1, -0.05) is 49.2 Å². The first-order chi connectivity index (χ1) is 12.0. The van der Waals surface area contributed by atoms with Gasteiger partial charge < -0.3 is 10.00 Å². The third-order valence-electron chi connectivity index (χ3n) is 4.06. The van der Waals surface area contributed by atoms with Crippen molar-refractivity contribution in [2.24, 2.45) is 0 Å². The van der Waals surface area contributed by atoms with E-state index in [4.69, 9.17) is 23.2 Å². The first-order valence-corrected chi connectivity index (χ1v) is 11.2. The van der Waals surface area contributed by atoms with Crippen LogP contribution in [0.25, 0.3) is 0 Å². The number of aromatic nitrogens is 1. The molecule has 26 heavy (non-hydrogen) atoms. The molecule has 1 aromatic heterocycles. The fourth-order valence-corrected chi connectivity index (χ4v) is 3.80. The summed E-state index contributed by atoms with van der Waals surface area (Å²) in [6.07, 6.45) is 0.293. The summed E-state index contributed by atoms with van der Waals surface area (Å²) >= 11 is 12.4. The smallest absolute Gasteiger partial charge is 0.232 e. The van der Waals surface area contributed by atoms with E-state index in [0.29, 0.717) is 5.56 Å². The maximum absolute atomic E-state index is 14.1. The predicted octanol–water partition coefficient (Wildman–Crippen LogP) is 5.39. The summed E-state index contributed by atoms with van der Waals surface area (Å²) in [4.78, 5) is 13.2. The van der Waals surface area contributed by atoms with Crippen molar-refractivity contribution in [3.63, 3.8) is 0 Å². The molecular weight excluding hydrogens is 399 g/mol. The Morgan fingerprint density at radius 1 is 1.27 bits per heavy atom. The van der Waals surface area contributed by atoms with E-state index in [1.165, 1.54) is 6.66 Å². The molecule has 0 saturated heterocycles. The van der Waals surface area contributed by atoms with Gasteiger partial charge in [0.1, 0.15) is 10.8 Å². The van der Waals surface area contributed by atoms with Gasteiger partial charge in [0.05, 0.1) is 10.7 Å². The SMILES string of the molecule is CC(C)c1cc(Cc2c(Cl)c(F)nc(CCP(C)(=O)O)c2Cl)ccc1O. The summed E-state index contributed by atoms with van der Waals surface area (Å²) in [5.74, 6) is -0.536. The molecule has 1 atom stereocenters. The van der Waals surface area contributed by atoms with Crippen molar-refractivity contribution in [2.75, 3.05) is 12.8 Å². The van der Waals surface area contributed by atoms with E-state index in [9.17, 15) is 19.0 Å². The third kappa shape index (κ3) is 5.20. The fraction of sp³-hybridized carbons (Fsp3) is 0.389. The molecule has 0 spiro atoms. The van der Waals surface area contributed by atoms with Crippen LogP contribution in [0.2, 0.25) is 10.0 Å². The summed E-state index contributed by atoms with van der Waals surface area (Å²) < 4.78 is 25.6. The minimum Gasteiger partial charge on any atom is -0.508 e. The zero-order valence-corrected chi connectivity index (χ0v) is 17.2. The van der Waals surface area contributed by atoms with Crippen LogP contribution in [0.15, 0.2) is 18.2 Å². The maximum atomic E-state index is 14.1. The number of phenols is 1. The van der Waals surface area contributed by atoms with E-state index in [-0.39, 0.29) is 46.4 Å². The number of hydrogen-bond acceptors (Lipinski definition) is 3. The highest BCUT2D eigenvalue weighted by Crippen LogP contribution is 2.38. The van der Waals surface area contributed by atoms with Crippen LogP contribution in [0, 0.1) is 5.95 Å². The van der Waals surface area contributed by atoms with E-state index < -0.39 is 13.3 Å². The molecule has 0 aliphatic carbocycles. The van der Waals surface area contributed by atoms with Gasteiger partial charge in [0.25, 0.3) is 0 Å². The molecule has 8 heteroatoms. The van der Waals surface area contributed by atoms with Crippen molar-refractivity contribution in [1.82, 2.24) is 4.98 Å². The standard InChI is InChI=1S/C18H21Cl2FNO3P/c1-10(2)12-8-11(4-5-15(12)23)9-13-16(19)14(6-7-26(3,24)25)22-18(21)17(13)20/h4-5,8,10,23H,6-7,9H2,1-3H3,(H,24,25). The number of nitrogens with zero attached hydrogens (tertiary/aromatic N) is 1. The first kappa shape index (κ1) is 21.2. The molecule has 0 aliphatic heterocycles. The lowest BCUT2D eigenvalue weighted by Gasteiger charge is -2.14. The number of rotatable bonds is 6. The molecule has 0 fully saturated rings. The number of benzene rings is 1. The van der Waals surface area contributed by atoms with Gasteiger partial charge in [-0.05, 0) is 23.1 Å². The summed E-state index contributed by atoms with van der Waals surface area (Å²) in [6, 6.07) is 5.14. The number of halogens is 3. The van der Waals surface area contributed by atoms with Gasteiger partial charge in [0, 0.05) is 31.2 Å². The van der Waals surface area contributed by atoms with Crippen LogP contribution in [0.3, 0.4) is 0 Å². The molecule has 2 aromatic rings. The minimum atomic E-state index is -3.26. The van der Waals surface area contributed by atoms with Gasteiger partial charge in [-0.25, -0.2) is 4.98 Å². The summed E-state index contributed by atoms with van der Waals surface area (Å²) in [7, 11) is -3.26. The molecule has 2 N–H and O–H groups in total. The second-order valence-electron chi connectivity index (χ2n) is 6.71. The number of hydrogen-bond donors (Lipinski definition) is 2. The Morgan fingerprint density at radius 2 is 1.92 bits per heavy atom. The minimum absolute atomic E-state index is 0.0447. The Bertz CT molecular complexity index is 868. The van der Waals surface area contributed by atoms with E-state index >= 15 is 0 Å². The monoisotopic (exact) mass is 419 g/mol. The average molecular weight is 420 g/mol. The Kier molecular flexibility index (Phi) is 6.73. The third-order valence-corrected chi connectivity index (χ3v) is 5.94. The first-order valence-electron chi connectivity index (χ1n) is 8.13. The largest absolute Gasteiger partial charge is 0.508 e. The van der Waals surface area contributed by atoms with Gasteiger partial charge in [-0.15, -0.1) is 0 Å². The van der Waals surface area contributed by atoms with Gasteiger partial charge >= 0.3 is 0 Å². The quantitative estimate of drug-likeness (QED) is 0.486. The Labute approximate surface area is 162 Å². The Morgan fingerprint density at radius 3 is 2.50 bits per heavy atom. The molecule has 0 radical (unpaired) electrons. The zero-order chi connectivity index (χ0) is 19.6.